The largest absolute Gasteiger partial charge is 0.454 e. The van der Waals surface area contributed by atoms with Gasteiger partial charge in [-0.2, -0.15) is 0 Å². The molecule has 1 aromatic heterocycles. The maximum atomic E-state index is 13.9. The fraction of sp³-hybridized carbons (Fsp3) is 0.120. The van der Waals surface area contributed by atoms with Gasteiger partial charge in [-0.3, -0.25) is 19.7 Å². The van der Waals surface area contributed by atoms with Gasteiger partial charge in [0.1, 0.15) is 11.4 Å². The van der Waals surface area contributed by atoms with Gasteiger partial charge in [0, 0.05) is 18.7 Å². The fourth-order valence-corrected chi connectivity index (χ4v) is 4.55. The molecule has 1 amide bonds. The number of ether oxygens (including phenoxy) is 2. The lowest BCUT2D eigenvalue weighted by atomic mass is 9.97. The van der Waals surface area contributed by atoms with Crippen LogP contribution in [-0.4, -0.2) is 22.5 Å². The highest BCUT2D eigenvalue weighted by Gasteiger charge is 2.43. The van der Waals surface area contributed by atoms with E-state index in [1.165, 1.54) is 29.2 Å². The number of nitro benzene ring substituents is 1. The van der Waals surface area contributed by atoms with Crippen LogP contribution in [0.5, 0.6) is 11.5 Å². The van der Waals surface area contributed by atoms with Crippen LogP contribution in [0.4, 0.5) is 10.1 Å². The molecule has 2 aliphatic rings. The molecule has 0 saturated heterocycles. The number of amides is 1. The minimum atomic E-state index is -0.980. The number of nitro groups is 1. The fourth-order valence-electron chi connectivity index (χ4n) is 4.55. The SMILES string of the molecule is O=C1c2oc3ccc(F)cc3c(=O)c2[C@H](c2cccc([N+](=O)[O-])c2)N1Cc1ccc2c(c1)OCO2. The van der Waals surface area contributed by atoms with E-state index in [-0.39, 0.29) is 41.3 Å². The topological polar surface area (TPSA) is 112 Å². The Kier molecular flexibility index (Phi) is 4.56. The molecule has 9 nitrogen and oxygen atoms in total. The Labute approximate surface area is 196 Å². The van der Waals surface area contributed by atoms with E-state index in [4.69, 9.17) is 13.9 Å². The average molecular weight is 474 g/mol. The van der Waals surface area contributed by atoms with E-state index in [0.29, 0.717) is 22.6 Å². The van der Waals surface area contributed by atoms with Crippen molar-refractivity contribution in [2.45, 2.75) is 12.6 Å². The second kappa shape index (κ2) is 7.66. The molecule has 3 aromatic carbocycles. The molecule has 2 aliphatic heterocycles. The smallest absolute Gasteiger partial charge is 0.291 e. The molecule has 10 heteroatoms. The van der Waals surface area contributed by atoms with Crippen molar-refractivity contribution < 1.29 is 28.0 Å². The predicted molar refractivity (Wildman–Crippen MR) is 120 cm³/mol. The van der Waals surface area contributed by atoms with E-state index < -0.39 is 28.1 Å². The number of rotatable bonds is 4. The molecule has 6 rings (SSSR count). The van der Waals surface area contributed by atoms with Gasteiger partial charge in [0.15, 0.2) is 16.9 Å². The van der Waals surface area contributed by atoms with Crippen LogP contribution in [0.15, 0.2) is 69.9 Å². The molecule has 0 bridgehead atoms. The van der Waals surface area contributed by atoms with Crippen LogP contribution in [0.2, 0.25) is 0 Å². The molecule has 174 valence electrons. The zero-order valence-electron chi connectivity index (χ0n) is 17.9. The predicted octanol–water partition coefficient (Wildman–Crippen LogP) is 4.31. The summed E-state index contributed by atoms with van der Waals surface area (Å²) < 4.78 is 30.5. The van der Waals surface area contributed by atoms with E-state index in [1.54, 1.807) is 24.3 Å². The minimum absolute atomic E-state index is 0.00865. The van der Waals surface area contributed by atoms with E-state index >= 15 is 0 Å². The number of hydrogen-bond donors (Lipinski definition) is 0. The van der Waals surface area contributed by atoms with Gasteiger partial charge in [0.2, 0.25) is 12.6 Å². The van der Waals surface area contributed by atoms with E-state index in [9.17, 15) is 24.1 Å². The summed E-state index contributed by atoms with van der Waals surface area (Å²) in [5.41, 5.74) is 0.367. The van der Waals surface area contributed by atoms with Crippen LogP contribution < -0.4 is 14.9 Å². The van der Waals surface area contributed by atoms with Crippen LogP contribution in [0.25, 0.3) is 11.0 Å². The summed E-state index contributed by atoms with van der Waals surface area (Å²) in [5, 5.41) is 11.4. The number of non-ortho nitro benzene ring substituents is 1. The molecule has 0 N–H and O–H groups in total. The van der Waals surface area contributed by atoms with Crippen molar-refractivity contribution in [3.8, 4) is 11.5 Å². The Morgan fingerprint density at radius 2 is 1.86 bits per heavy atom. The zero-order valence-corrected chi connectivity index (χ0v) is 17.9. The van der Waals surface area contributed by atoms with Crippen LogP contribution in [0.3, 0.4) is 0 Å². The van der Waals surface area contributed by atoms with Crippen LogP contribution in [-0.2, 0) is 6.54 Å². The van der Waals surface area contributed by atoms with Crippen molar-refractivity contribution in [2.24, 2.45) is 0 Å². The van der Waals surface area contributed by atoms with Crippen LogP contribution in [0, 0.1) is 15.9 Å². The average Bonchev–Trinajstić information content (AvgIpc) is 3.42. The summed E-state index contributed by atoms with van der Waals surface area (Å²) in [4.78, 5) is 39.3. The second-order valence-corrected chi connectivity index (χ2v) is 8.19. The van der Waals surface area contributed by atoms with Crippen LogP contribution in [0.1, 0.15) is 33.3 Å². The summed E-state index contributed by atoms with van der Waals surface area (Å²) in [7, 11) is 0. The standard InChI is InChI=1S/C25H15FN2O7/c26-15-5-7-18-17(10-15)23(29)21-22(14-2-1-3-16(9-14)28(31)32)27(25(30)24(21)35-18)11-13-4-6-19-20(8-13)34-12-33-19/h1-10,22H,11-12H2/t22-/m0/s1. The highest BCUT2D eigenvalue weighted by Crippen LogP contribution is 2.41. The van der Waals surface area contributed by atoms with Gasteiger partial charge < -0.3 is 18.8 Å². The van der Waals surface area contributed by atoms with Gasteiger partial charge >= 0.3 is 0 Å². The molecule has 0 aliphatic carbocycles. The van der Waals surface area contributed by atoms with Crippen molar-refractivity contribution in [3.05, 3.63) is 109 Å². The molecule has 0 saturated carbocycles. The van der Waals surface area contributed by atoms with Crippen molar-refractivity contribution in [1.82, 2.24) is 4.90 Å². The number of nitrogens with zero attached hydrogens (tertiary/aromatic N) is 2. The molecule has 0 radical (unpaired) electrons. The van der Waals surface area contributed by atoms with Crippen molar-refractivity contribution in [3.63, 3.8) is 0 Å². The molecular weight excluding hydrogens is 459 g/mol. The third kappa shape index (κ3) is 3.30. The van der Waals surface area contributed by atoms with Crippen LogP contribution >= 0.6 is 0 Å². The summed E-state index contributed by atoms with van der Waals surface area (Å²) in [5.74, 6) is -0.263. The summed E-state index contributed by atoms with van der Waals surface area (Å²) in [6, 6.07) is 13.4. The first-order chi connectivity index (χ1) is 16.9. The summed E-state index contributed by atoms with van der Waals surface area (Å²) in [6.07, 6.45) is 0. The number of fused-ring (bicyclic) bond motifs is 3. The maximum Gasteiger partial charge on any atom is 0.291 e. The summed E-state index contributed by atoms with van der Waals surface area (Å²) in [6.45, 7) is 0.141. The number of carbonyl (C=O) groups is 1. The Morgan fingerprint density at radius 3 is 2.69 bits per heavy atom. The zero-order chi connectivity index (χ0) is 24.3. The van der Waals surface area contributed by atoms with Crippen molar-refractivity contribution in [2.75, 3.05) is 6.79 Å². The Balaban J connectivity index is 1.54. The molecule has 4 aromatic rings. The first-order valence-corrected chi connectivity index (χ1v) is 10.6. The van der Waals surface area contributed by atoms with Gasteiger partial charge in [0.05, 0.1) is 21.9 Å². The van der Waals surface area contributed by atoms with E-state index in [2.05, 4.69) is 0 Å². The lowest BCUT2D eigenvalue weighted by Crippen LogP contribution is -2.29. The molecule has 35 heavy (non-hydrogen) atoms. The quantitative estimate of drug-likeness (QED) is 0.320. The lowest BCUT2D eigenvalue weighted by molar-refractivity contribution is -0.384. The number of carbonyl (C=O) groups excluding carboxylic acids is 1. The first-order valence-electron chi connectivity index (χ1n) is 10.6. The molecule has 0 fully saturated rings. The highest BCUT2D eigenvalue weighted by molar-refractivity contribution is 5.99. The highest BCUT2D eigenvalue weighted by atomic mass is 19.1. The van der Waals surface area contributed by atoms with E-state index in [0.717, 1.165) is 12.1 Å². The maximum absolute atomic E-state index is 13.9. The third-order valence-electron chi connectivity index (χ3n) is 6.11. The monoisotopic (exact) mass is 474 g/mol. The normalized spacial score (nSPS) is 16.1. The Hall–Kier alpha value is -4.73. The molecular formula is C25H15FN2O7. The number of benzene rings is 3. The Morgan fingerprint density at radius 1 is 1.03 bits per heavy atom. The Bertz CT molecular complexity index is 1610. The van der Waals surface area contributed by atoms with Gasteiger partial charge in [0.25, 0.3) is 11.6 Å². The van der Waals surface area contributed by atoms with Gasteiger partial charge in [-0.25, -0.2) is 4.39 Å². The number of halogens is 1. The molecule has 0 unspecified atom stereocenters. The van der Waals surface area contributed by atoms with Gasteiger partial charge in [-0.1, -0.05) is 18.2 Å². The van der Waals surface area contributed by atoms with Crippen molar-refractivity contribution >= 4 is 22.6 Å². The third-order valence-corrected chi connectivity index (χ3v) is 6.11. The second-order valence-electron chi connectivity index (χ2n) is 8.19. The van der Waals surface area contributed by atoms with Gasteiger partial charge in [-0.05, 0) is 41.5 Å². The molecule has 1 atom stereocenters. The lowest BCUT2D eigenvalue weighted by Gasteiger charge is -2.25. The number of hydrogen-bond acceptors (Lipinski definition) is 7. The van der Waals surface area contributed by atoms with Gasteiger partial charge in [-0.15, -0.1) is 0 Å². The molecule has 0 spiro atoms. The summed E-state index contributed by atoms with van der Waals surface area (Å²) >= 11 is 0. The minimum Gasteiger partial charge on any atom is -0.454 e. The molecule has 3 heterocycles. The van der Waals surface area contributed by atoms with Crippen molar-refractivity contribution in [1.29, 1.82) is 0 Å². The van der Waals surface area contributed by atoms with E-state index in [1.807, 2.05) is 0 Å². The first kappa shape index (κ1) is 20.8.